The minimum absolute atomic E-state index is 0.0497. The number of rotatable bonds is 8. The fourth-order valence-corrected chi connectivity index (χ4v) is 3.09. The van der Waals surface area contributed by atoms with E-state index >= 15 is 0 Å². The Hall–Kier alpha value is -2.62. The maximum atomic E-state index is 12.1. The van der Waals surface area contributed by atoms with Gasteiger partial charge in [0.05, 0.1) is 28.6 Å². The van der Waals surface area contributed by atoms with Gasteiger partial charge in [0.2, 0.25) is 0 Å². The summed E-state index contributed by atoms with van der Waals surface area (Å²) >= 11 is 5.89. The maximum Gasteiger partial charge on any atom is 0.257 e. The lowest BCUT2D eigenvalue weighted by Crippen LogP contribution is -2.46. The predicted molar refractivity (Wildman–Crippen MR) is 99.9 cm³/mol. The average Bonchev–Trinajstić information content (AvgIpc) is 2.65. The Morgan fingerprint density at radius 1 is 1.07 bits per heavy atom. The molecule has 10 heteroatoms. The predicted octanol–water partition coefficient (Wildman–Crippen LogP) is 1.48. The van der Waals surface area contributed by atoms with Gasteiger partial charge in [-0.1, -0.05) is 23.7 Å². The van der Waals surface area contributed by atoms with Crippen molar-refractivity contribution in [1.29, 1.82) is 0 Å². The van der Waals surface area contributed by atoms with Crippen molar-refractivity contribution in [2.24, 2.45) is 0 Å². The van der Waals surface area contributed by atoms with Crippen molar-refractivity contribution >= 4 is 33.4 Å². The van der Waals surface area contributed by atoms with E-state index in [2.05, 4.69) is 5.32 Å². The van der Waals surface area contributed by atoms with Crippen molar-refractivity contribution in [3.63, 3.8) is 0 Å². The van der Waals surface area contributed by atoms with E-state index in [1.165, 1.54) is 30.3 Å². The topological polar surface area (TPSA) is 114 Å². The first-order valence-corrected chi connectivity index (χ1v) is 9.76. The summed E-state index contributed by atoms with van der Waals surface area (Å²) in [7, 11) is -3.96. The number of hydrazine groups is 1. The van der Waals surface area contributed by atoms with Crippen molar-refractivity contribution in [2.45, 2.75) is 11.8 Å². The second-order valence-electron chi connectivity index (χ2n) is 5.22. The van der Waals surface area contributed by atoms with Gasteiger partial charge in [0, 0.05) is 0 Å². The van der Waals surface area contributed by atoms with Crippen molar-refractivity contribution < 1.29 is 22.7 Å². The molecule has 0 unspecified atom stereocenters. The Balaban J connectivity index is 1.87. The molecule has 0 aromatic heterocycles. The van der Waals surface area contributed by atoms with E-state index in [9.17, 15) is 18.0 Å². The van der Waals surface area contributed by atoms with Gasteiger partial charge in [-0.05, 0) is 43.3 Å². The lowest BCUT2D eigenvalue weighted by molar-refractivity contribution is -0.120. The number of carbonyl (C=O) groups is 2. The van der Waals surface area contributed by atoms with Gasteiger partial charge in [0.15, 0.2) is 0 Å². The van der Waals surface area contributed by atoms with Crippen molar-refractivity contribution in [2.75, 3.05) is 13.2 Å². The molecule has 144 valence electrons. The number of sulfonamides is 1. The molecule has 2 aromatic carbocycles. The lowest BCUT2D eigenvalue weighted by atomic mass is 10.2. The Morgan fingerprint density at radius 2 is 1.74 bits per heavy atom. The van der Waals surface area contributed by atoms with Crippen LogP contribution in [0.15, 0.2) is 53.4 Å². The molecule has 0 aliphatic rings. The van der Waals surface area contributed by atoms with E-state index in [1.807, 2.05) is 17.2 Å². The quantitative estimate of drug-likeness (QED) is 0.569. The highest BCUT2D eigenvalue weighted by Crippen LogP contribution is 2.15. The van der Waals surface area contributed by atoms with Crippen LogP contribution in [0, 0.1) is 0 Å². The fourth-order valence-electron chi connectivity index (χ4n) is 2.01. The molecule has 27 heavy (non-hydrogen) atoms. The highest BCUT2D eigenvalue weighted by Gasteiger charge is 2.16. The van der Waals surface area contributed by atoms with E-state index in [0.717, 1.165) is 0 Å². The van der Waals surface area contributed by atoms with E-state index in [1.54, 1.807) is 18.2 Å². The minimum Gasteiger partial charge on any atom is -0.494 e. The standard InChI is InChI=1S/C17H18ClN3O5S/c1-2-26-12-7-9-13(10-8-12)27(24,25)21-20-16(22)11-19-17(23)14-5-3-4-6-15(14)18/h3-10,21H,2,11H2,1H3,(H,19,23)(H,20,22). The zero-order valence-electron chi connectivity index (χ0n) is 14.4. The first-order valence-electron chi connectivity index (χ1n) is 7.89. The molecule has 0 aliphatic carbocycles. The molecule has 2 rings (SSSR count). The van der Waals surface area contributed by atoms with Crippen LogP contribution in [0.3, 0.4) is 0 Å². The van der Waals surface area contributed by atoms with Gasteiger partial charge in [0.25, 0.3) is 21.8 Å². The Bertz CT molecular complexity index is 916. The molecule has 0 aliphatic heterocycles. The summed E-state index contributed by atoms with van der Waals surface area (Å²) in [6, 6.07) is 12.0. The van der Waals surface area contributed by atoms with Crippen molar-refractivity contribution in [3.05, 3.63) is 59.1 Å². The third kappa shape index (κ3) is 5.95. The summed E-state index contributed by atoms with van der Waals surface area (Å²) in [6.07, 6.45) is 0. The number of carbonyl (C=O) groups excluding carboxylic acids is 2. The summed E-state index contributed by atoms with van der Waals surface area (Å²) < 4.78 is 29.5. The molecule has 2 aromatic rings. The first-order chi connectivity index (χ1) is 12.8. The highest BCUT2D eigenvalue weighted by molar-refractivity contribution is 7.89. The van der Waals surface area contributed by atoms with Crippen LogP contribution in [0.2, 0.25) is 5.02 Å². The average molecular weight is 412 g/mol. The number of benzene rings is 2. The summed E-state index contributed by atoms with van der Waals surface area (Å²) in [5, 5.41) is 2.59. The zero-order valence-corrected chi connectivity index (χ0v) is 15.9. The zero-order chi connectivity index (χ0) is 19.9. The van der Waals surface area contributed by atoms with E-state index < -0.39 is 28.4 Å². The van der Waals surface area contributed by atoms with Crippen LogP contribution in [0.25, 0.3) is 0 Å². The molecule has 3 N–H and O–H groups in total. The number of hydrogen-bond acceptors (Lipinski definition) is 5. The Kier molecular flexibility index (Phi) is 7.17. The largest absolute Gasteiger partial charge is 0.494 e. The molecular weight excluding hydrogens is 394 g/mol. The van der Waals surface area contributed by atoms with Gasteiger partial charge in [-0.3, -0.25) is 15.0 Å². The van der Waals surface area contributed by atoms with Crippen LogP contribution < -0.4 is 20.3 Å². The van der Waals surface area contributed by atoms with Crippen LogP contribution in [0.1, 0.15) is 17.3 Å². The molecule has 0 radical (unpaired) electrons. The van der Waals surface area contributed by atoms with Gasteiger partial charge in [-0.25, -0.2) is 8.42 Å². The fraction of sp³-hybridized carbons (Fsp3) is 0.176. The second-order valence-corrected chi connectivity index (χ2v) is 7.31. The van der Waals surface area contributed by atoms with Gasteiger partial charge in [-0.15, -0.1) is 4.83 Å². The van der Waals surface area contributed by atoms with Gasteiger partial charge in [-0.2, -0.15) is 0 Å². The molecule has 0 heterocycles. The molecule has 0 saturated carbocycles. The van der Waals surface area contributed by atoms with Crippen LogP contribution >= 0.6 is 11.6 Å². The van der Waals surface area contributed by atoms with Crippen LogP contribution in [0.5, 0.6) is 5.75 Å². The minimum atomic E-state index is -3.96. The third-order valence-corrected chi connectivity index (χ3v) is 4.89. The summed E-state index contributed by atoms with van der Waals surface area (Å²) in [5.41, 5.74) is 2.24. The summed E-state index contributed by atoms with van der Waals surface area (Å²) in [4.78, 5) is 25.6. The molecule has 8 nitrogen and oxygen atoms in total. The lowest BCUT2D eigenvalue weighted by Gasteiger charge is -2.10. The van der Waals surface area contributed by atoms with Crippen molar-refractivity contribution in [3.8, 4) is 5.75 Å². The number of amides is 2. The van der Waals surface area contributed by atoms with E-state index in [0.29, 0.717) is 12.4 Å². The number of halogens is 1. The third-order valence-electron chi connectivity index (χ3n) is 3.30. The van der Waals surface area contributed by atoms with E-state index in [-0.39, 0.29) is 15.5 Å². The highest BCUT2D eigenvalue weighted by atomic mass is 35.5. The summed E-state index contributed by atoms with van der Waals surface area (Å²) in [5.74, 6) is -0.766. The molecule has 0 atom stereocenters. The van der Waals surface area contributed by atoms with Crippen LogP contribution in [-0.2, 0) is 14.8 Å². The monoisotopic (exact) mass is 411 g/mol. The summed E-state index contributed by atoms with van der Waals surface area (Å²) in [6.45, 7) is 1.84. The number of hydrogen-bond donors (Lipinski definition) is 3. The molecule has 0 saturated heterocycles. The molecule has 0 bridgehead atoms. The number of ether oxygens (including phenoxy) is 1. The van der Waals surface area contributed by atoms with Crippen molar-refractivity contribution in [1.82, 2.24) is 15.6 Å². The smallest absolute Gasteiger partial charge is 0.257 e. The molecular formula is C17H18ClN3O5S. The SMILES string of the molecule is CCOc1ccc(S(=O)(=O)NNC(=O)CNC(=O)c2ccccc2Cl)cc1. The first kappa shape index (κ1) is 20.7. The number of nitrogens with one attached hydrogen (secondary N) is 3. The van der Waals surface area contributed by atoms with Gasteiger partial charge >= 0.3 is 0 Å². The maximum absolute atomic E-state index is 12.1. The van der Waals surface area contributed by atoms with Crippen LogP contribution in [-0.4, -0.2) is 33.4 Å². The molecule has 0 fully saturated rings. The van der Waals surface area contributed by atoms with Gasteiger partial charge in [0.1, 0.15) is 5.75 Å². The normalized spacial score (nSPS) is 10.9. The molecule has 0 spiro atoms. The Labute approximate surface area is 161 Å². The Morgan fingerprint density at radius 3 is 2.37 bits per heavy atom. The second kappa shape index (κ2) is 9.36. The van der Waals surface area contributed by atoms with E-state index in [4.69, 9.17) is 16.3 Å². The van der Waals surface area contributed by atoms with Crippen LogP contribution in [0.4, 0.5) is 0 Å². The van der Waals surface area contributed by atoms with Gasteiger partial charge < -0.3 is 10.1 Å². The molecule has 2 amide bonds.